The second kappa shape index (κ2) is 27.2. The molecule has 14 nitrogen and oxygen atoms in total. The smallest absolute Gasteiger partial charge is 0.253 e. The summed E-state index contributed by atoms with van der Waals surface area (Å²) < 4.78 is 16.1. The summed E-state index contributed by atoms with van der Waals surface area (Å²) in [6.45, 7) is 26.2. The minimum Gasteiger partial charge on any atom is -0.380 e. The quantitative estimate of drug-likeness (QED) is 0.119. The lowest BCUT2D eigenvalue weighted by Crippen LogP contribution is -2.43. The number of imide groups is 3. The molecule has 0 aromatic heterocycles. The Kier molecular flexibility index (Phi) is 25.1. The van der Waals surface area contributed by atoms with Crippen LogP contribution in [0.5, 0.6) is 0 Å². The Hall–Kier alpha value is -4.44. The minimum absolute atomic E-state index is 0.0131. The Labute approximate surface area is 334 Å². The van der Waals surface area contributed by atoms with E-state index < -0.39 is 0 Å². The van der Waals surface area contributed by atoms with Gasteiger partial charge in [0.2, 0.25) is 0 Å². The second-order valence-corrected chi connectivity index (χ2v) is 15.9. The van der Waals surface area contributed by atoms with Crippen molar-refractivity contribution in [1.29, 1.82) is 0 Å². The van der Waals surface area contributed by atoms with Crippen LogP contribution in [0.25, 0.3) is 0 Å². The predicted molar refractivity (Wildman–Crippen MR) is 217 cm³/mol. The summed E-state index contributed by atoms with van der Waals surface area (Å²) in [6, 6.07) is 0. The molecule has 0 saturated heterocycles. The van der Waals surface area contributed by atoms with Crippen molar-refractivity contribution in [3.8, 4) is 24.2 Å². The van der Waals surface area contributed by atoms with Crippen molar-refractivity contribution < 1.29 is 43.0 Å². The topological polar surface area (TPSA) is 164 Å². The lowest BCUT2D eigenvalue weighted by Gasteiger charge is -2.22. The Morgan fingerprint density at radius 1 is 0.536 bits per heavy atom. The van der Waals surface area contributed by atoms with Gasteiger partial charge in [0.25, 0.3) is 35.4 Å². The number of hydrogen-bond donors (Lipinski definition) is 2. The summed E-state index contributed by atoms with van der Waals surface area (Å²) in [6.07, 6.45) is 14.6. The first-order valence-electron chi connectivity index (χ1n) is 18.8. The van der Waals surface area contributed by atoms with Crippen LogP contribution < -0.4 is 10.6 Å². The Bertz CT molecular complexity index is 1420. The maximum atomic E-state index is 11.2. The summed E-state index contributed by atoms with van der Waals surface area (Å²) in [7, 11) is 0. The first-order chi connectivity index (χ1) is 26.1. The van der Waals surface area contributed by atoms with Gasteiger partial charge in [0.05, 0.1) is 46.1 Å². The molecule has 0 radical (unpaired) electrons. The Morgan fingerprint density at radius 3 is 1.23 bits per heavy atom. The van der Waals surface area contributed by atoms with Crippen LogP contribution in [0.1, 0.15) is 82.1 Å². The molecule has 0 aromatic carbocycles. The van der Waals surface area contributed by atoms with Crippen molar-refractivity contribution in [2.75, 3.05) is 72.4 Å². The van der Waals surface area contributed by atoms with E-state index in [0.717, 1.165) is 24.3 Å². The molecule has 0 aromatic rings. The Balaban J connectivity index is 0.000000772. The van der Waals surface area contributed by atoms with Gasteiger partial charge in [-0.25, -0.2) is 0 Å². The molecule has 3 aliphatic heterocycles. The zero-order valence-corrected chi connectivity index (χ0v) is 35.2. The number of nitrogens with one attached hydrogen (secondary N) is 2. The lowest BCUT2D eigenvalue weighted by atomic mass is 9.91. The molecule has 2 N–H and O–H groups in total. The molecule has 3 rings (SSSR count). The van der Waals surface area contributed by atoms with Crippen LogP contribution >= 0.6 is 0 Å². The van der Waals surface area contributed by atoms with Gasteiger partial charge in [-0.3, -0.25) is 43.5 Å². The van der Waals surface area contributed by atoms with E-state index >= 15 is 0 Å². The molecule has 0 fully saturated rings. The normalized spacial score (nSPS) is 14.9. The van der Waals surface area contributed by atoms with Gasteiger partial charge in [-0.2, -0.15) is 0 Å². The van der Waals surface area contributed by atoms with Gasteiger partial charge in [-0.05, 0) is 78.6 Å². The van der Waals surface area contributed by atoms with E-state index in [0.29, 0.717) is 64.7 Å². The van der Waals surface area contributed by atoms with Crippen LogP contribution in [-0.4, -0.2) is 134 Å². The minimum atomic E-state index is -0.275. The highest BCUT2D eigenvalue weighted by Crippen LogP contribution is 2.20. The van der Waals surface area contributed by atoms with Gasteiger partial charge in [-0.15, -0.1) is 6.42 Å². The van der Waals surface area contributed by atoms with Crippen LogP contribution in [0, 0.1) is 29.6 Å². The van der Waals surface area contributed by atoms with E-state index in [4.69, 9.17) is 20.6 Å². The standard InChI is InChI=1S/C14H24N2O4.C13H21NO3.C10H16N2O2.C5H4/c1-14(2,3)15-6-8-19-10-11-20-9-7-16-12(17)4-5-13(16)18;1-13(2,3)7-4-9-17-10-8-14-11(15)5-6-12(14)16;1-10(2,3)11-6-7-12-8(13)4-5-9(12)14;1-3-5-4-2/h4-5,15H,6-11H2,1-3H3;5-6H,4,7-10H2,1-3H3;4-5,11H,6-7H2,1-3H3;1H,2H3. The first-order valence-corrected chi connectivity index (χ1v) is 18.8. The lowest BCUT2D eigenvalue weighted by molar-refractivity contribution is -0.139. The molecule has 0 saturated carbocycles. The highest BCUT2D eigenvalue weighted by molar-refractivity contribution is 6.14. The van der Waals surface area contributed by atoms with Crippen LogP contribution in [0.4, 0.5) is 0 Å². The number of nitrogens with zero attached hydrogens (tertiary/aromatic N) is 3. The van der Waals surface area contributed by atoms with E-state index in [1.807, 2.05) is 20.8 Å². The van der Waals surface area contributed by atoms with Crippen LogP contribution in [0.15, 0.2) is 36.5 Å². The molecule has 3 heterocycles. The maximum absolute atomic E-state index is 11.2. The molecule has 3 aliphatic rings. The van der Waals surface area contributed by atoms with Crippen molar-refractivity contribution in [1.82, 2.24) is 25.3 Å². The average Bonchev–Trinajstić information content (AvgIpc) is 3.71. The number of hydrogen-bond acceptors (Lipinski definition) is 11. The maximum Gasteiger partial charge on any atom is 0.253 e. The van der Waals surface area contributed by atoms with Gasteiger partial charge >= 0.3 is 0 Å². The molecule has 0 aliphatic carbocycles. The highest BCUT2D eigenvalue weighted by atomic mass is 16.5. The van der Waals surface area contributed by atoms with Gasteiger partial charge in [-0.1, -0.05) is 26.7 Å². The third-order valence-corrected chi connectivity index (χ3v) is 7.30. The molecule has 0 bridgehead atoms. The van der Waals surface area contributed by atoms with Gasteiger partial charge < -0.3 is 24.8 Å². The number of terminal acetylenes is 1. The number of rotatable bonds is 18. The third-order valence-electron chi connectivity index (χ3n) is 7.30. The molecule has 14 heteroatoms. The van der Waals surface area contributed by atoms with Crippen LogP contribution in [0.2, 0.25) is 0 Å². The van der Waals surface area contributed by atoms with Crippen molar-refractivity contribution in [2.45, 2.75) is 93.2 Å². The number of carbonyl (C=O) groups is 6. The van der Waals surface area contributed by atoms with Crippen molar-refractivity contribution >= 4 is 35.4 Å². The molecule has 312 valence electrons. The molecular formula is C42H65N5O9. The van der Waals surface area contributed by atoms with Crippen molar-refractivity contribution in [2.24, 2.45) is 5.41 Å². The molecule has 0 spiro atoms. The summed E-state index contributed by atoms with van der Waals surface area (Å²) in [5.41, 5.74) is 0.441. The van der Waals surface area contributed by atoms with Crippen LogP contribution in [0.3, 0.4) is 0 Å². The fourth-order valence-corrected chi connectivity index (χ4v) is 4.51. The zero-order chi connectivity index (χ0) is 42.8. The van der Waals surface area contributed by atoms with E-state index in [1.165, 1.54) is 46.3 Å². The molecule has 56 heavy (non-hydrogen) atoms. The van der Waals surface area contributed by atoms with Crippen molar-refractivity contribution in [3.63, 3.8) is 0 Å². The largest absolute Gasteiger partial charge is 0.380 e. The summed E-state index contributed by atoms with van der Waals surface area (Å²) in [5, 5.41) is 6.53. The van der Waals surface area contributed by atoms with E-state index in [9.17, 15) is 28.8 Å². The molecule has 0 atom stereocenters. The summed E-state index contributed by atoms with van der Waals surface area (Å²) in [5.74, 6) is 5.61. The third kappa shape index (κ3) is 26.4. The van der Waals surface area contributed by atoms with E-state index in [-0.39, 0.29) is 53.1 Å². The van der Waals surface area contributed by atoms with E-state index in [1.54, 1.807) is 6.92 Å². The van der Waals surface area contributed by atoms with Gasteiger partial charge in [0, 0.05) is 73.8 Å². The fourth-order valence-electron chi connectivity index (χ4n) is 4.51. The second-order valence-electron chi connectivity index (χ2n) is 15.9. The van der Waals surface area contributed by atoms with Gasteiger partial charge in [0.1, 0.15) is 0 Å². The first kappa shape index (κ1) is 51.6. The molecular weight excluding hydrogens is 718 g/mol. The van der Waals surface area contributed by atoms with Gasteiger partial charge in [0.15, 0.2) is 0 Å². The predicted octanol–water partition coefficient (Wildman–Crippen LogP) is 3.03. The van der Waals surface area contributed by atoms with Crippen LogP contribution in [-0.2, 0) is 43.0 Å². The Morgan fingerprint density at radius 2 is 0.893 bits per heavy atom. The highest BCUT2D eigenvalue weighted by Gasteiger charge is 2.24. The monoisotopic (exact) mass is 783 g/mol. The number of carbonyl (C=O) groups excluding carboxylic acids is 6. The molecule has 0 unspecified atom stereocenters. The fraction of sp³-hybridized carbons (Fsp3) is 0.619. The van der Waals surface area contributed by atoms with Crippen molar-refractivity contribution in [3.05, 3.63) is 36.5 Å². The number of amides is 6. The number of ether oxygens (including phenoxy) is 3. The SMILES string of the molecule is C#CC#CC.CC(C)(C)CCCOCCN1C(=O)C=CC1=O.CC(C)(C)NCCN1C(=O)C=CC1=O.CC(C)(C)NCCOCCOCCN1C(=O)C=CC1=O. The average molecular weight is 784 g/mol. The summed E-state index contributed by atoms with van der Waals surface area (Å²) in [4.78, 5) is 70.7. The van der Waals surface area contributed by atoms with E-state index in [2.05, 4.69) is 69.9 Å². The summed E-state index contributed by atoms with van der Waals surface area (Å²) >= 11 is 0. The zero-order valence-electron chi connectivity index (χ0n) is 35.2. The molecule has 6 amide bonds.